The van der Waals surface area contributed by atoms with Crippen LogP contribution in [0.2, 0.25) is 0 Å². The normalized spacial score (nSPS) is 12.0. The average molecular weight is 350 g/mol. The molecular weight excluding hydrogens is 328 g/mol. The van der Waals surface area contributed by atoms with Gasteiger partial charge in [0.05, 0.1) is 0 Å². The van der Waals surface area contributed by atoms with Crippen LogP contribution >= 0.6 is 0 Å². The van der Waals surface area contributed by atoms with E-state index in [9.17, 15) is 19.8 Å². The Bertz CT molecular complexity index is 720. The van der Waals surface area contributed by atoms with Crippen LogP contribution in [-0.4, -0.2) is 22.2 Å². The number of benzene rings is 2. The minimum Gasteiger partial charge on any atom is -0.478 e. The highest BCUT2D eigenvalue weighted by atomic mass is 16.4. The van der Waals surface area contributed by atoms with Crippen LogP contribution in [0.4, 0.5) is 0 Å². The van der Waals surface area contributed by atoms with Crippen molar-refractivity contribution in [1.29, 1.82) is 0 Å². The summed E-state index contributed by atoms with van der Waals surface area (Å²) >= 11 is 0. The molecule has 2 rings (SSSR count). The molecule has 134 valence electrons. The summed E-state index contributed by atoms with van der Waals surface area (Å²) in [6.45, 7) is 0. The van der Waals surface area contributed by atoms with Gasteiger partial charge < -0.3 is 10.2 Å². The van der Waals surface area contributed by atoms with Crippen molar-refractivity contribution in [3.05, 3.63) is 82.9 Å². The quantitative estimate of drug-likeness (QED) is 0.499. The van der Waals surface area contributed by atoms with Crippen molar-refractivity contribution < 1.29 is 19.8 Å². The Morgan fingerprint density at radius 1 is 0.654 bits per heavy atom. The van der Waals surface area contributed by atoms with Crippen molar-refractivity contribution in [1.82, 2.24) is 0 Å². The Hall–Kier alpha value is -3.14. The largest absolute Gasteiger partial charge is 0.478 e. The first-order chi connectivity index (χ1) is 12.6. The second-order valence-corrected chi connectivity index (χ2v) is 5.98. The summed E-state index contributed by atoms with van der Waals surface area (Å²) in [7, 11) is 0. The Morgan fingerprint density at radius 3 is 1.31 bits per heavy atom. The molecule has 0 aliphatic rings. The zero-order valence-corrected chi connectivity index (χ0v) is 14.5. The molecule has 2 aromatic rings. The van der Waals surface area contributed by atoms with Crippen molar-refractivity contribution in [2.45, 2.75) is 25.7 Å². The first-order valence-electron chi connectivity index (χ1n) is 8.54. The van der Waals surface area contributed by atoms with Crippen molar-refractivity contribution >= 4 is 24.1 Å². The molecule has 0 aliphatic carbocycles. The fourth-order valence-electron chi connectivity index (χ4n) is 2.61. The molecule has 0 fully saturated rings. The molecule has 0 aromatic heterocycles. The van der Waals surface area contributed by atoms with Crippen LogP contribution in [0.15, 0.2) is 71.8 Å². The highest BCUT2D eigenvalue weighted by Crippen LogP contribution is 2.18. The Balaban J connectivity index is 1.94. The van der Waals surface area contributed by atoms with Gasteiger partial charge in [-0.3, -0.25) is 0 Å². The lowest BCUT2D eigenvalue weighted by molar-refractivity contribution is -0.133. The predicted molar refractivity (Wildman–Crippen MR) is 103 cm³/mol. The van der Waals surface area contributed by atoms with Crippen molar-refractivity contribution in [3.63, 3.8) is 0 Å². The molecule has 0 radical (unpaired) electrons. The third-order valence-corrected chi connectivity index (χ3v) is 3.97. The number of aliphatic carboxylic acids is 2. The van der Waals surface area contributed by atoms with Gasteiger partial charge in [0.25, 0.3) is 0 Å². The molecule has 2 N–H and O–H groups in total. The summed E-state index contributed by atoms with van der Waals surface area (Å²) in [6.07, 6.45) is 5.38. The first-order valence-corrected chi connectivity index (χ1v) is 8.54. The summed E-state index contributed by atoms with van der Waals surface area (Å²) in [6, 6.07) is 18.6. The van der Waals surface area contributed by atoms with E-state index in [0.717, 1.165) is 11.1 Å². The molecule has 26 heavy (non-hydrogen) atoms. The smallest absolute Gasteiger partial charge is 0.331 e. The second kappa shape index (κ2) is 9.99. The molecule has 0 aliphatic heterocycles. The number of rotatable bonds is 9. The van der Waals surface area contributed by atoms with Crippen LogP contribution in [0.5, 0.6) is 0 Å². The van der Waals surface area contributed by atoms with E-state index in [-0.39, 0.29) is 0 Å². The van der Waals surface area contributed by atoms with Gasteiger partial charge in [-0.05, 0) is 49.0 Å². The van der Waals surface area contributed by atoms with Gasteiger partial charge in [0, 0.05) is 11.1 Å². The summed E-state index contributed by atoms with van der Waals surface area (Å²) in [5.74, 6) is -1.88. The van der Waals surface area contributed by atoms with Crippen LogP contribution in [0, 0.1) is 0 Å². The summed E-state index contributed by atoms with van der Waals surface area (Å²) < 4.78 is 0. The number of hydrogen-bond acceptors (Lipinski definition) is 2. The minimum atomic E-state index is -0.938. The third kappa shape index (κ3) is 6.40. The zero-order chi connectivity index (χ0) is 18.8. The number of carbonyl (C=O) groups is 2. The van der Waals surface area contributed by atoms with E-state index in [1.807, 2.05) is 60.7 Å². The van der Waals surface area contributed by atoms with Gasteiger partial charge in [0.15, 0.2) is 0 Å². The molecule has 4 nitrogen and oxygen atoms in total. The predicted octanol–water partition coefficient (Wildman–Crippen LogP) is 4.88. The molecule has 0 bridgehead atoms. The molecule has 0 spiro atoms. The van der Waals surface area contributed by atoms with E-state index in [0.29, 0.717) is 36.8 Å². The van der Waals surface area contributed by atoms with E-state index in [1.165, 1.54) is 0 Å². The van der Waals surface area contributed by atoms with E-state index < -0.39 is 11.9 Å². The first kappa shape index (κ1) is 19.2. The zero-order valence-electron chi connectivity index (χ0n) is 14.5. The number of unbranched alkanes of at least 4 members (excludes halogenated alkanes) is 1. The van der Waals surface area contributed by atoms with Crippen LogP contribution in [-0.2, 0) is 9.59 Å². The topological polar surface area (TPSA) is 74.6 Å². The minimum absolute atomic E-state index is 0.333. The maximum Gasteiger partial charge on any atom is 0.331 e. The van der Waals surface area contributed by atoms with Crippen molar-refractivity contribution in [2.24, 2.45) is 0 Å². The summed E-state index contributed by atoms with van der Waals surface area (Å²) in [5.41, 5.74) is 2.36. The number of hydrogen-bond donors (Lipinski definition) is 2. The molecule has 2 aromatic carbocycles. The molecule has 0 amide bonds. The highest BCUT2D eigenvalue weighted by molar-refractivity contribution is 5.92. The van der Waals surface area contributed by atoms with Crippen LogP contribution < -0.4 is 0 Å². The molecular formula is C22H22O4. The fourth-order valence-corrected chi connectivity index (χ4v) is 2.61. The molecule has 0 atom stereocenters. The van der Waals surface area contributed by atoms with E-state index in [1.54, 1.807) is 12.2 Å². The van der Waals surface area contributed by atoms with E-state index in [2.05, 4.69) is 0 Å². The van der Waals surface area contributed by atoms with Gasteiger partial charge in [-0.25, -0.2) is 9.59 Å². The Kier molecular flexibility index (Phi) is 7.37. The van der Waals surface area contributed by atoms with Crippen molar-refractivity contribution in [2.75, 3.05) is 0 Å². The van der Waals surface area contributed by atoms with Crippen LogP contribution in [0.3, 0.4) is 0 Å². The lowest BCUT2D eigenvalue weighted by Gasteiger charge is -2.05. The third-order valence-electron chi connectivity index (χ3n) is 3.97. The van der Waals surface area contributed by atoms with Gasteiger partial charge in [-0.1, -0.05) is 60.7 Å². The molecule has 4 heteroatoms. The Morgan fingerprint density at radius 2 is 1.00 bits per heavy atom. The lowest BCUT2D eigenvalue weighted by atomic mass is 10.0. The second-order valence-electron chi connectivity index (χ2n) is 5.98. The van der Waals surface area contributed by atoms with E-state index in [4.69, 9.17) is 0 Å². The average Bonchev–Trinajstić information content (AvgIpc) is 2.64. The summed E-state index contributed by atoms with van der Waals surface area (Å²) in [5, 5.41) is 18.7. The maximum absolute atomic E-state index is 11.4. The Labute approximate surface area is 153 Å². The summed E-state index contributed by atoms with van der Waals surface area (Å²) in [4.78, 5) is 22.8. The molecule has 0 saturated heterocycles. The van der Waals surface area contributed by atoms with Gasteiger partial charge in [0.1, 0.15) is 0 Å². The lowest BCUT2D eigenvalue weighted by Crippen LogP contribution is -2.03. The molecule has 0 heterocycles. The van der Waals surface area contributed by atoms with E-state index >= 15 is 0 Å². The number of carboxylic acid groups (broad SMARTS) is 2. The van der Waals surface area contributed by atoms with Gasteiger partial charge in [-0.2, -0.15) is 0 Å². The standard InChI is InChI=1S/C22H22O4/c23-21(24)19(15-17-9-3-1-4-10-17)13-7-8-14-20(22(25)26)16-18-11-5-2-6-12-18/h1-6,9-12,15-16H,7-8,13-14H2,(H,23,24)(H,25,26). The van der Waals surface area contributed by atoms with Gasteiger partial charge >= 0.3 is 11.9 Å². The van der Waals surface area contributed by atoms with Gasteiger partial charge in [-0.15, -0.1) is 0 Å². The van der Waals surface area contributed by atoms with Crippen LogP contribution in [0.1, 0.15) is 36.8 Å². The molecule has 0 saturated carbocycles. The van der Waals surface area contributed by atoms with Crippen molar-refractivity contribution in [3.8, 4) is 0 Å². The maximum atomic E-state index is 11.4. The van der Waals surface area contributed by atoms with Crippen LogP contribution in [0.25, 0.3) is 12.2 Å². The highest BCUT2D eigenvalue weighted by Gasteiger charge is 2.10. The molecule has 0 unspecified atom stereocenters. The fraction of sp³-hybridized carbons (Fsp3) is 0.182. The van der Waals surface area contributed by atoms with Gasteiger partial charge in [0.2, 0.25) is 0 Å². The monoisotopic (exact) mass is 350 g/mol. The SMILES string of the molecule is O=C(O)C(=Cc1ccccc1)CCCCC(=Cc1ccccc1)C(=O)O. The number of carboxylic acids is 2.